The first-order valence-electron chi connectivity index (χ1n) is 5.25. The van der Waals surface area contributed by atoms with Crippen molar-refractivity contribution >= 4 is 23.4 Å². The molecule has 0 spiro atoms. The number of rotatable bonds is 3. The van der Waals surface area contributed by atoms with Crippen LogP contribution in [0.1, 0.15) is 12.7 Å². The monoisotopic (exact) mass is 286 g/mol. The number of nitrogens with zero attached hydrogens (tertiary/aromatic N) is 2. The van der Waals surface area contributed by atoms with Gasteiger partial charge in [-0.15, -0.1) is 0 Å². The molecule has 0 N–H and O–H groups in total. The van der Waals surface area contributed by atoms with Crippen molar-refractivity contribution in [2.75, 3.05) is 0 Å². The van der Waals surface area contributed by atoms with Crippen LogP contribution in [0.2, 0.25) is 5.15 Å². The number of hydrogen-bond acceptors (Lipinski definition) is 3. The fourth-order valence-corrected chi connectivity index (χ4v) is 2.44. The van der Waals surface area contributed by atoms with Crippen molar-refractivity contribution in [3.05, 3.63) is 46.9 Å². The molecule has 6 heteroatoms. The van der Waals surface area contributed by atoms with Gasteiger partial charge in [0.2, 0.25) is 0 Å². The Morgan fingerprint density at radius 1 is 1.17 bits per heavy atom. The predicted octanol–water partition coefficient (Wildman–Crippen LogP) is 4.12. The maximum absolute atomic E-state index is 13.1. The molecule has 2 rings (SSSR count). The van der Waals surface area contributed by atoms with Gasteiger partial charge in [0.1, 0.15) is 16.0 Å². The van der Waals surface area contributed by atoms with E-state index in [0.717, 1.165) is 12.1 Å². The zero-order valence-electron chi connectivity index (χ0n) is 9.45. The normalized spacial score (nSPS) is 10.7. The summed E-state index contributed by atoms with van der Waals surface area (Å²) in [5, 5.41) is 0.949. The van der Waals surface area contributed by atoms with E-state index in [1.54, 1.807) is 6.07 Å². The van der Waals surface area contributed by atoms with Crippen molar-refractivity contribution in [2.24, 2.45) is 0 Å². The van der Waals surface area contributed by atoms with Crippen LogP contribution in [0.3, 0.4) is 0 Å². The predicted molar refractivity (Wildman–Crippen MR) is 66.9 cm³/mol. The number of benzene rings is 1. The number of aromatic nitrogens is 2. The molecular formula is C12H9ClF2N2S. The molecule has 18 heavy (non-hydrogen) atoms. The lowest BCUT2D eigenvalue weighted by molar-refractivity contribution is 0.506. The first-order chi connectivity index (χ1) is 8.58. The third-order valence-corrected chi connectivity index (χ3v) is 3.25. The van der Waals surface area contributed by atoms with Gasteiger partial charge in [-0.1, -0.05) is 30.3 Å². The van der Waals surface area contributed by atoms with E-state index in [9.17, 15) is 8.78 Å². The summed E-state index contributed by atoms with van der Waals surface area (Å²) in [5.41, 5.74) is 0. The fourth-order valence-electron chi connectivity index (χ4n) is 1.31. The summed E-state index contributed by atoms with van der Waals surface area (Å²) in [4.78, 5) is 8.84. The molecule has 0 atom stereocenters. The van der Waals surface area contributed by atoms with Crippen LogP contribution in [0.5, 0.6) is 0 Å². The number of halogens is 3. The third kappa shape index (κ3) is 3.17. The Morgan fingerprint density at radius 3 is 2.61 bits per heavy atom. The first kappa shape index (κ1) is 13.2. The van der Waals surface area contributed by atoms with E-state index in [2.05, 4.69) is 9.97 Å². The van der Waals surface area contributed by atoms with E-state index in [4.69, 9.17) is 11.6 Å². The van der Waals surface area contributed by atoms with E-state index in [0.29, 0.717) is 27.3 Å². The topological polar surface area (TPSA) is 25.8 Å². The Labute approximate surface area is 112 Å². The highest BCUT2D eigenvalue weighted by molar-refractivity contribution is 7.99. The molecule has 0 unspecified atom stereocenters. The average molecular weight is 287 g/mol. The molecule has 0 aliphatic heterocycles. The minimum absolute atomic E-state index is 0.340. The molecule has 1 heterocycles. The minimum atomic E-state index is -0.879. The zero-order chi connectivity index (χ0) is 13.1. The van der Waals surface area contributed by atoms with Crippen LogP contribution in [0, 0.1) is 11.6 Å². The van der Waals surface area contributed by atoms with Gasteiger partial charge in [-0.05, 0) is 18.2 Å². The van der Waals surface area contributed by atoms with Crippen LogP contribution in [-0.2, 0) is 6.42 Å². The minimum Gasteiger partial charge on any atom is -0.226 e. The van der Waals surface area contributed by atoms with Gasteiger partial charge in [-0.25, -0.2) is 18.7 Å². The highest BCUT2D eigenvalue weighted by atomic mass is 35.5. The number of aryl methyl sites for hydroxylation is 1. The lowest BCUT2D eigenvalue weighted by atomic mass is 10.3. The Hall–Kier alpha value is -1.20. The van der Waals surface area contributed by atoms with Gasteiger partial charge in [0, 0.05) is 17.4 Å². The first-order valence-corrected chi connectivity index (χ1v) is 6.44. The summed E-state index contributed by atoms with van der Waals surface area (Å²) in [6, 6.07) is 5.29. The van der Waals surface area contributed by atoms with Gasteiger partial charge in [0.05, 0.1) is 0 Å². The second kappa shape index (κ2) is 5.63. The van der Waals surface area contributed by atoms with Crippen LogP contribution < -0.4 is 0 Å². The molecule has 1 aromatic heterocycles. The van der Waals surface area contributed by atoms with E-state index in [1.165, 1.54) is 17.8 Å². The van der Waals surface area contributed by atoms with E-state index < -0.39 is 11.6 Å². The van der Waals surface area contributed by atoms with Crippen molar-refractivity contribution < 1.29 is 8.78 Å². The van der Waals surface area contributed by atoms with Gasteiger partial charge in [0.15, 0.2) is 11.6 Å². The molecule has 0 aliphatic rings. The van der Waals surface area contributed by atoms with E-state index in [-0.39, 0.29) is 0 Å². The molecule has 2 aromatic rings. The summed E-state index contributed by atoms with van der Waals surface area (Å²) in [5.74, 6) is -1.13. The van der Waals surface area contributed by atoms with Crippen molar-refractivity contribution in [3.63, 3.8) is 0 Å². The largest absolute Gasteiger partial charge is 0.226 e. The molecule has 0 aliphatic carbocycles. The van der Waals surface area contributed by atoms with Crippen LogP contribution >= 0.6 is 23.4 Å². The second-order valence-corrected chi connectivity index (χ2v) is 4.96. The number of hydrogen-bond donors (Lipinski definition) is 0. The van der Waals surface area contributed by atoms with Crippen molar-refractivity contribution in [2.45, 2.75) is 23.3 Å². The van der Waals surface area contributed by atoms with E-state index >= 15 is 0 Å². The van der Waals surface area contributed by atoms with Crippen LogP contribution in [-0.4, -0.2) is 9.97 Å². The molecule has 0 bridgehead atoms. The van der Waals surface area contributed by atoms with Crippen molar-refractivity contribution in [3.8, 4) is 0 Å². The Kier molecular flexibility index (Phi) is 4.14. The van der Waals surface area contributed by atoms with E-state index in [1.807, 2.05) is 6.92 Å². The summed E-state index contributed by atoms with van der Waals surface area (Å²) in [7, 11) is 0. The van der Waals surface area contributed by atoms with Gasteiger partial charge >= 0.3 is 0 Å². The Morgan fingerprint density at radius 2 is 1.94 bits per heavy atom. The molecule has 1 aromatic carbocycles. The van der Waals surface area contributed by atoms with Crippen LogP contribution in [0.15, 0.2) is 34.2 Å². The molecule has 0 saturated heterocycles. The van der Waals surface area contributed by atoms with Gasteiger partial charge in [-0.3, -0.25) is 0 Å². The van der Waals surface area contributed by atoms with Crippen molar-refractivity contribution in [1.29, 1.82) is 0 Å². The maximum atomic E-state index is 13.1. The highest BCUT2D eigenvalue weighted by Crippen LogP contribution is 2.28. The molecule has 2 nitrogen and oxygen atoms in total. The van der Waals surface area contributed by atoms with Gasteiger partial charge in [-0.2, -0.15) is 0 Å². The summed E-state index contributed by atoms with van der Waals surface area (Å²) >= 11 is 7.06. The highest BCUT2D eigenvalue weighted by Gasteiger charge is 2.07. The molecule has 0 radical (unpaired) electrons. The lowest BCUT2D eigenvalue weighted by Gasteiger charge is -2.04. The summed E-state index contributed by atoms with van der Waals surface area (Å²) < 4.78 is 25.8. The average Bonchev–Trinajstić information content (AvgIpc) is 2.33. The maximum Gasteiger partial charge on any atom is 0.159 e. The molecule has 0 fully saturated rings. The lowest BCUT2D eigenvalue weighted by Crippen LogP contribution is -1.94. The smallest absolute Gasteiger partial charge is 0.159 e. The quantitative estimate of drug-likeness (QED) is 0.794. The van der Waals surface area contributed by atoms with Gasteiger partial charge in [0.25, 0.3) is 0 Å². The molecule has 0 saturated carbocycles. The Balaban J connectivity index is 2.27. The standard InChI is InChI=1S/C12H9ClF2N2S/c1-2-11-16-10(13)6-12(17-11)18-7-3-4-8(14)9(15)5-7/h3-6H,2H2,1H3. The van der Waals surface area contributed by atoms with Crippen LogP contribution in [0.25, 0.3) is 0 Å². The third-order valence-electron chi connectivity index (χ3n) is 2.15. The van der Waals surface area contributed by atoms with Crippen LogP contribution in [0.4, 0.5) is 8.78 Å². The fraction of sp³-hybridized carbons (Fsp3) is 0.167. The Bertz CT molecular complexity index is 578. The summed E-state index contributed by atoms with van der Waals surface area (Å²) in [6.45, 7) is 1.91. The SMILES string of the molecule is CCc1nc(Cl)cc(Sc2ccc(F)c(F)c2)n1. The van der Waals surface area contributed by atoms with Gasteiger partial charge < -0.3 is 0 Å². The summed E-state index contributed by atoms with van der Waals surface area (Å²) in [6.07, 6.45) is 0.659. The molecule has 94 valence electrons. The second-order valence-electron chi connectivity index (χ2n) is 3.48. The molecule has 0 amide bonds. The zero-order valence-corrected chi connectivity index (χ0v) is 11.0. The van der Waals surface area contributed by atoms with Crippen molar-refractivity contribution in [1.82, 2.24) is 9.97 Å². The molecular weight excluding hydrogens is 278 g/mol.